The number of benzene rings is 1. The fourth-order valence-electron chi connectivity index (χ4n) is 3.06. The standard InChI is InChI=1S/C18H27NS/c1-4-7-10-14(5-2)18(19-6-3)16-13-20-17-12-9-8-11-15(16)17/h8-9,11-14,18-19H,4-7,10H2,1-3H3. The number of fused-ring (bicyclic) bond motifs is 1. The molecule has 0 fully saturated rings. The van der Waals surface area contributed by atoms with E-state index >= 15 is 0 Å². The maximum Gasteiger partial charge on any atom is 0.0362 e. The SMILES string of the molecule is CCCCC(CC)C(NCC)c1csc2ccccc12. The molecule has 0 amide bonds. The number of rotatable bonds is 8. The summed E-state index contributed by atoms with van der Waals surface area (Å²) in [6.07, 6.45) is 5.21. The minimum atomic E-state index is 0.507. The Labute approximate surface area is 127 Å². The highest BCUT2D eigenvalue weighted by molar-refractivity contribution is 7.17. The number of thiophene rings is 1. The van der Waals surface area contributed by atoms with Gasteiger partial charge in [0.15, 0.2) is 0 Å². The Morgan fingerprint density at radius 2 is 1.95 bits per heavy atom. The molecule has 0 aliphatic carbocycles. The summed E-state index contributed by atoms with van der Waals surface area (Å²) in [6.45, 7) is 7.87. The number of unbranched alkanes of at least 4 members (excludes halogenated alkanes) is 1. The van der Waals surface area contributed by atoms with Gasteiger partial charge in [-0.3, -0.25) is 0 Å². The highest BCUT2D eigenvalue weighted by Gasteiger charge is 2.23. The smallest absolute Gasteiger partial charge is 0.0362 e. The molecule has 1 N–H and O–H groups in total. The lowest BCUT2D eigenvalue weighted by molar-refractivity contribution is 0.330. The Hall–Kier alpha value is -0.860. The summed E-state index contributed by atoms with van der Waals surface area (Å²) in [4.78, 5) is 0. The van der Waals surface area contributed by atoms with Gasteiger partial charge in [-0.25, -0.2) is 0 Å². The van der Waals surface area contributed by atoms with E-state index in [4.69, 9.17) is 0 Å². The summed E-state index contributed by atoms with van der Waals surface area (Å²) in [6, 6.07) is 9.32. The molecule has 0 saturated carbocycles. The molecular formula is C18H27NS. The monoisotopic (exact) mass is 289 g/mol. The van der Waals surface area contributed by atoms with Gasteiger partial charge in [0.25, 0.3) is 0 Å². The predicted octanol–water partition coefficient (Wildman–Crippen LogP) is 5.77. The maximum atomic E-state index is 3.74. The molecule has 2 unspecified atom stereocenters. The molecule has 0 saturated heterocycles. The Kier molecular flexibility index (Phi) is 6.06. The van der Waals surface area contributed by atoms with Crippen molar-refractivity contribution < 1.29 is 0 Å². The molecule has 0 aliphatic heterocycles. The third-order valence-electron chi connectivity index (χ3n) is 4.19. The van der Waals surface area contributed by atoms with Gasteiger partial charge in [0.05, 0.1) is 0 Å². The Balaban J connectivity index is 2.31. The van der Waals surface area contributed by atoms with Crippen LogP contribution in [0.5, 0.6) is 0 Å². The zero-order valence-electron chi connectivity index (χ0n) is 13.0. The highest BCUT2D eigenvalue weighted by atomic mass is 32.1. The van der Waals surface area contributed by atoms with Crippen molar-refractivity contribution in [3.8, 4) is 0 Å². The van der Waals surface area contributed by atoms with Gasteiger partial charge in [-0.05, 0) is 41.3 Å². The van der Waals surface area contributed by atoms with E-state index in [1.807, 2.05) is 11.3 Å². The average molecular weight is 289 g/mol. The van der Waals surface area contributed by atoms with Gasteiger partial charge in [0.1, 0.15) is 0 Å². The van der Waals surface area contributed by atoms with Crippen molar-refractivity contribution in [3.05, 3.63) is 35.2 Å². The molecule has 1 nitrogen and oxygen atoms in total. The Morgan fingerprint density at radius 3 is 2.65 bits per heavy atom. The van der Waals surface area contributed by atoms with Gasteiger partial charge < -0.3 is 5.32 Å². The molecule has 1 aromatic carbocycles. The van der Waals surface area contributed by atoms with Gasteiger partial charge in [-0.15, -0.1) is 11.3 Å². The highest BCUT2D eigenvalue weighted by Crippen LogP contribution is 2.36. The van der Waals surface area contributed by atoms with Crippen LogP contribution >= 0.6 is 11.3 Å². The van der Waals surface area contributed by atoms with Crippen LogP contribution in [0.2, 0.25) is 0 Å². The van der Waals surface area contributed by atoms with Crippen molar-refractivity contribution in [2.75, 3.05) is 6.54 Å². The van der Waals surface area contributed by atoms with Crippen LogP contribution in [-0.4, -0.2) is 6.54 Å². The van der Waals surface area contributed by atoms with E-state index < -0.39 is 0 Å². The largest absolute Gasteiger partial charge is 0.310 e. The van der Waals surface area contributed by atoms with Crippen LogP contribution in [0, 0.1) is 5.92 Å². The molecule has 2 aromatic rings. The molecule has 1 heterocycles. The van der Waals surface area contributed by atoms with E-state index in [0.29, 0.717) is 6.04 Å². The number of nitrogens with one attached hydrogen (secondary N) is 1. The lowest BCUT2D eigenvalue weighted by Crippen LogP contribution is -2.28. The molecule has 0 bridgehead atoms. The summed E-state index contributed by atoms with van der Waals surface area (Å²) in [5.41, 5.74) is 1.51. The van der Waals surface area contributed by atoms with E-state index in [0.717, 1.165) is 12.5 Å². The van der Waals surface area contributed by atoms with Gasteiger partial charge in [-0.1, -0.05) is 58.2 Å². The normalized spacial score (nSPS) is 14.6. The number of hydrogen-bond acceptors (Lipinski definition) is 2. The zero-order valence-corrected chi connectivity index (χ0v) is 13.8. The first-order valence-corrected chi connectivity index (χ1v) is 8.89. The summed E-state index contributed by atoms with van der Waals surface area (Å²) in [7, 11) is 0. The van der Waals surface area contributed by atoms with Crippen molar-refractivity contribution in [3.63, 3.8) is 0 Å². The van der Waals surface area contributed by atoms with Crippen molar-refractivity contribution in [2.24, 2.45) is 5.92 Å². The Morgan fingerprint density at radius 1 is 1.15 bits per heavy atom. The molecule has 0 aliphatic rings. The van der Waals surface area contributed by atoms with E-state index in [1.54, 1.807) is 0 Å². The molecular weight excluding hydrogens is 262 g/mol. The third-order valence-corrected chi connectivity index (χ3v) is 5.18. The van der Waals surface area contributed by atoms with Crippen LogP contribution < -0.4 is 5.32 Å². The summed E-state index contributed by atoms with van der Waals surface area (Å²) >= 11 is 1.88. The first-order chi connectivity index (χ1) is 9.81. The second-order valence-corrected chi connectivity index (χ2v) is 6.44. The Bertz CT molecular complexity index is 517. The molecule has 110 valence electrons. The minimum absolute atomic E-state index is 0.507. The second kappa shape index (κ2) is 7.80. The molecule has 2 atom stereocenters. The van der Waals surface area contributed by atoms with Crippen molar-refractivity contribution in [2.45, 2.75) is 52.5 Å². The minimum Gasteiger partial charge on any atom is -0.310 e. The zero-order chi connectivity index (χ0) is 14.4. The van der Waals surface area contributed by atoms with Crippen LogP contribution in [0.4, 0.5) is 0 Å². The van der Waals surface area contributed by atoms with Gasteiger partial charge in [0.2, 0.25) is 0 Å². The van der Waals surface area contributed by atoms with Crippen molar-refractivity contribution >= 4 is 21.4 Å². The predicted molar refractivity (Wildman–Crippen MR) is 91.5 cm³/mol. The van der Waals surface area contributed by atoms with Gasteiger partial charge in [-0.2, -0.15) is 0 Å². The molecule has 2 heteroatoms. The van der Waals surface area contributed by atoms with Crippen LogP contribution in [0.1, 0.15) is 58.1 Å². The summed E-state index contributed by atoms with van der Waals surface area (Å²) in [5.74, 6) is 0.743. The van der Waals surface area contributed by atoms with Gasteiger partial charge in [0, 0.05) is 10.7 Å². The lowest BCUT2D eigenvalue weighted by Gasteiger charge is -2.27. The topological polar surface area (TPSA) is 12.0 Å². The van der Waals surface area contributed by atoms with Crippen LogP contribution in [0.15, 0.2) is 29.6 Å². The summed E-state index contributed by atoms with van der Waals surface area (Å²) < 4.78 is 1.41. The molecule has 0 radical (unpaired) electrons. The first-order valence-electron chi connectivity index (χ1n) is 8.01. The first kappa shape index (κ1) is 15.5. The van der Waals surface area contributed by atoms with Crippen LogP contribution in [-0.2, 0) is 0 Å². The van der Waals surface area contributed by atoms with Crippen molar-refractivity contribution in [1.29, 1.82) is 0 Å². The molecule has 20 heavy (non-hydrogen) atoms. The van der Waals surface area contributed by atoms with E-state index in [9.17, 15) is 0 Å². The maximum absolute atomic E-state index is 3.74. The van der Waals surface area contributed by atoms with Crippen molar-refractivity contribution in [1.82, 2.24) is 5.32 Å². The quantitative estimate of drug-likeness (QED) is 0.650. The van der Waals surface area contributed by atoms with E-state index in [-0.39, 0.29) is 0 Å². The molecule has 2 rings (SSSR count). The fraction of sp³-hybridized carbons (Fsp3) is 0.556. The summed E-state index contributed by atoms with van der Waals surface area (Å²) in [5, 5.41) is 7.55. The third kappa shape index (κ3) is 3.42. The second-order valence-electron chi connectivity index (χ2n) is 5.53. The number of hydrogen-bond donors (Lipinski definition) is 1. The van der Waals surface area contributed by atoms with Crippen LogP contribution in [0.3, 0.4) is 0 Å². The molecule has 0 spiro atoms. The van der Waals surface area contributed by atoms with E-state index in [1.165, 1.54) is 41.3 Å². The average Bonchev–Trinajstić information content (AvgIpc) is 2.90. The molecule has 1 aromatic heterocycles. The fourth-order valence-corrected chi connectivity index (χ4v) is 4.06. The van der Waals surface area contributed by atoms with Crippen LogP contribution in [0.25, 0.3) is 10.1 Å². The van der Waals surface area contributed by atoms with Gasteiger partial charge >= 0.3 is 0 Å². The lowest BCUT2D eigenvalue weighted by atomic mass is 9.86. The van der Waals surface area contributed by atoms with E-state index in [2.05, 4.69) is 55.7 Å².